The molecule has 1 aliphatic heterocycles. The molecule has 1 aromatic heterocycles. The molecule has 3 aromatic carbocycles. The summed E-state index contributed by atoms with van der Waals surface area (Å²) in [5.41, 5.74) is 6.54. The number of H-pyrrole nitrogens is 1. The normalized spacial score (nSPS) is 13.6. The minimum absolute atomic E-state index is 0.150. The predicted molar refractivity (Wildman–Crippen MR) is 181 cm³/mol. The van der Waals surface area contributed by atoms with Gasteiger partial charge in [0.25, 0.3) is 21.8 Å². The number of nitrogens with zero attached hydrogens (tertiary/aromatic N) is 1. The zero-order valence-electron chi connectivity index (χ0n) is 25.9. The Morgan fingerprint density at radius 2 is 1.70 bits per heavy atom. The number of hydrogen-bond acceptors (Lipinski definition) is 5. The monoisotopic (exact) mass is 663 g/mol. The number of halogens is 2. The minimum atomic E-state index is -3.98. The smallest absolute Gasteiger partial charge is 0.261 e. The SMILES string of the molecule is CCN(CC)CCNC(=O)c1c(C)[nH]c(/C=C2\C(=O)Nc3cc(-c4ccc(NS(=O)(=O)c5ccc(F)c(Cl)c5)cc4)ccc32)c1C. The number of anilines is 2. The van der Waals surface area contributed by atoms with Crippen LogP contribution in [0.5, 0.6) is 0 Å². The molecule has 0 spiro atoms. The molecule has 2 heterocycles. The maximum absolute atomic E-state index is 13.5. The number of nitrogens with one attached hydrogen (secondary N) is 4. The summed E-state index contributed by atoms with van der Waals surface area (Å²) in [7, 11) is -3.98. The largest absolute Gasteiger partial charge is 0.358 e. The van der Waals surface area contributed by atoms with Crippen LogP contribution in [0, 0.1) is 19.7 Å². The average Bonchev–Trinajstić information content (AvgIpc) is 3.49. The van der Waals surface area contributed by atoms with Gasteiger partial charge in [-0.2, -0.15) is 0 Å². The molecule has 5 rings (SSSR count). The highest BCUT2D eigenvalue weighted by Crippen LogP contribution is 2.37. The molecule has 0 atom stereocenters. The first-order valence-electron chi connectivity index (χ1n) is 14.9. The Balaban J connectivity index is 1.32. The minimum Gasteiger partial charge on any atom is -0.358 e. The Kier molecular flexibility index (Phi) is 9.66. The molecule has 12 heteroatoms. The molecule has 1 aliphatic rings. The number of hydrogen-bond donors (Lipinski definition) is 4. The Morgan fingerprint density at radius 1 is 1.00 bits per heavy atom. The second-order valence-corrected chi connectivity index (χ2v) is 13.1. The van der Waals surface area contributed by atoms with Gasteiger partial charge in [-0.1, -0.05) is 49.7 Å². The second-order valence-electron chi connectivity index (χ2n) is 11.0. The highest BCUT2D eigenvalue weighted by molar-refractivity contribution is 7.92. The number of benzene rings is 3. The van der Waals surface area contributed by atoms with Crippen LogP contribution in [-0.2, 0) is 14.8 Å². The van der Waals surface area contributed by atoms with Crippen LogP contribution < -0.4 is 15.4 Å². The highest BCUT2D eigenvalue weighted by atomic mass is 35.5. The van der Waals surface area contributed by atoms with E-state index in [9.17, 15) is 22.4 Å². The van der Waals surface area contributed by atoms with E-state index in [0.717, 1.165) is 65.8 Å². The van der Waals surface area contributed by atoms with Gasteiger partial charge in [0.05, 0.1) is 21.1 Å². The summed E-state index contributed by atoms with van der Waals surface area (Å²) < 4.78 is 41.4. The number of likely N-dealkylation sites (N-methyl/N-ethyl adjacent to an activating group) is 1. The van der Waals surface area contributed by atoms with Crippen molar-refractivity contribution < 1.29 is 22.4 Å². The molecule has 0 fully saturated rings. The Labute approximate surface area is 272 Å². The van der Waals surface area contributed by atoms with E-state index < -0.39 is 15.8 Å². The maximum Gasteiger partial charge on any atom is 0.261 e. The first kappa shape index (κ1) is 32.9. The van der Waals surface area contributed by atoms with Gasteiger partial charge in [-0.05, 0) is 86.1 Å². The number of aromatic amines is 1. The number of aryl methyl sites for hydroxylation is 1. The fourth-order valence-corrected chi connectivity index (χ4v) is 6.80. The summed E-state index contributed by atoms with van der Waals surface area (Å²) in [5, 5.41) is 5.65. The first-order valence-corrected chi connectivity index (χ1v) is 16.7. The molecule has 0 unspecified atom stereocenters. The van der Waals surface area contributed by atoms with Crippen LogP contribution in [0.15, 0.2) is 65.6 Å². The summed E-state index contributed by atoms with van der Waals surface area (Å²) in [5.74, 6) is -1.11. The lowest BCUT2D eigenvalue weighted by Gasteiger charge is -2.18. The van der Waals surface area contributed by atoms with Gasteiger partial charge in [-0.3, -0.25) is 14.3 Å². The van der Waals surface area contributed by atoms with E-state index >= 15 is 0 Å². The van der Waals surface area contributed by atoms with Gasteiger partial charge in [-0.15, -0.1) is 0 Å². The molecule has 0 saturated carbocycles. The van der Waals surface area contributed by atoms with Gasteiger partial charge in [0.2, 0.25) is 0 Å². The van der Waals surface area contributed by atoms with E-state index in [2.05, 4.69) is 39.1 Å². The molecule has 46 heavy (non-hydrogen) atoms. The molecule has 9 nitrogen and oxygen atoms in total. The average molecular weight is 664 g/mol. The lowest BCUT2D eigenvalue weighted by atomic mass is 9.99. The lowest BCUT2D eigenvalue weighted by molar-refractivity contribution is -0.110. The van der Waals surface area contributed by atoms with Crippen molar-refractivity contribution in [1.29, 1.82) is 0 Å². The Morgan fingerprint density at radius 3 is 2.37 bits per heavy atom. The van der Waals surface area contributed by atoms with Crippen molar-refractivity contribution in [2.24, 2.45) is 0 Å². The highest BCUT2D eigenvalue weighted by Gasteiger charge is 2.26. The zero-order valence-corrected chi connectivity index (χ0v) is 27.5. The zero-order chi connectivity index (χ0) is 33.2. The van der Waals surface area contributed by atoms with Crippen LogP contribution in [0.1, 0.15) is 46.7 Å². The van der Waals surface area contributed by atoms with Crippen LogP contribution >= 0.6 is 11.6 Å². The van der Waals surface area contributed by atoms with Gasteiger partial charge in [0.15, 0.2) is 0 Å². The molecule has 4 N–H and O–H groups in total. The number of amides is 2. The summed E-state index contributed by atoms with van der Waals surface area (Å²) in [6.45, 7) is 11.0. The molecule has 2 amide bonds. The quantitative estimate of drug-likeness (QED) is 0.137. The molecule has 0 aliphatic carbocycles. The molecule has 0 radical (unpaired) electrons. The fourth-order valence-electron chi connectivity index (χ4n) is 5.47. The van der Waals surface area contributed by atoms with E-state index in [0.29, 0.717) is 34.8 Å². The molecule has 4 aromatic rings. The van der Waals surface area contributed by atoms with E-state index in [4.69, 9.17) is 11.6 Å². The van der Waals surface area contributed by atoms with Crippen LogP contribution in [0.25, 0.3) is 22.8 Å². The van der Waals surface area contributed by atoms with Crippen LogP contribution in [0.4, 0.5) is 15.8 Å². The third kappa shape index (κ3) is 6.86. The molecular weight excluding hydrogens is 629 g/mol. The van der Waals surface area contributed by atoms with Gasteiger partial charge >= 0.3 is 0 Å². The van der Waals surface area contributed by atoms with Crippen molar-refractivity contribution in [3.8, 4) is 11.1 Å². The molecule has 240 valence electrons. The third-order valence-electron chi connectivity index (χ3n) is 8.07. The van der Waals surface area contributed by atoms with Crippen LogP contribution in [0.3, 0.4) is 0 Å². The van der Waals surface area contributed by atoms with E-state index in [1.165, 1.54) is 0 Å². The first-order chi connectivity index (χ1) is 21.9. The number of aromatic nitrogens is 1. The van der Waals surface area contributed by atoms with Gasteiger partial charge in [-0.25, -0.2) is 12.8 Å². The third-order valence-corrected chi connectivity index (χ3v) is 9.74. The van der Waals surface area contributed by atoms with E-state index in [-0.39, 0.29) is 21.7 Å². The number of rotatable bonds is 11. The van der Waals surface area contributed by atoms with Crippen molar-refractivity contribution in [2.75, 3.05) is 36.2 Å². The van der Waals surface area contributed by atoms with Crippen molar-refractivity contribution in [1.82, 2.24) is 15.2 Å². The number of sulfonamides is 1. The van der Waals surface area contributed by atoms with Crippen molar-refractivity contribution >= 4 is 56.5 Å². The van der Waals surface area contributed by atoms with E-state index in [1.54, 1.807) is 30.3 Å². The number of fused-ring (bicyclic) bond motifs is 1. The van der Waals surface area contributed by atoms with Crippen molar-refractivity contribution in [2.45, 2.75) is 32.6 Å². The standard InChI is InChI=1S/C34H35ClFN5O4S/c1-5-41(6-2)16-15-37-34(43)32-20(3)30(38-21(32)4)19-27-26-13-9-23(17-31(26)39-33(27)42)22-7-10-24(11-8-22)40-46(44,45)25-12-14-29(36)28(35)18-25/h7-14,17-19,38,40H,5-6,15-16H2,1-4H3,(H,37,43)(H,39,42)/b27-19-. The van der Waals surface area contributed by atoms with Crippen molar-refractivity contribution in [3.05, 3.63) is 99.6 Å². The lowest BCUT2D eigenvalue weighted by Crippen LogP contribution is -2.35. The molecule has 0 saturated heterocycles. The summed E-state index contributed by atoms with van der Waals surface area (Å²) in [6.07, 6.45) is 1.77. The maximum atomic E-state index is 13.5. The predicted octanol–water partition coefficient (Wildman–Crippen LogP) is 6.46. The van der Waals surface area contributed by atoms with Gasteiger partial charge < -0.3 is 20.5 Å². The van der Waals surface area contributed by atoms with Crippen molar-refractivity contribution in [3.63, 3.8) is 0 Å². The van der Waals surface area contributed by atoms with E-state index in [1.807, 2.05) is 32.0 Å². The topological polar surface area (TPSA) is 123 Å². The van der Waals surface area contributed by atoms with Gasteiger partial charge in [0.1, 0.15) is 5.82 Å². The Bertz CT molecular complexity index is 1950. The molecule has 0 bridgehead atoms. The fraction of sp³-hybridized carbons (Fsp3) is 0.235. The Hall–Kier alpha value is -4.45. The second kappa shape index (κ2) is 13.5. The van der Waals surface area contributed by atoms with Crippen LogP contribution in [0.2, 0.25) is 5.02 Å². The molecular formula is C34H35ClFN5O4S. The number of carbonyl (C=O) groups excluding carboxylic acids is 2. The summed E-state index contributed by atoms with van der Waals surface area (Å²) in [6, 6.07) is 15.5. The van der Waals surface area contributed by atoms with Crippen LogP contribution in [-0.4, -0.2) is 56.3 Å². The number of carbonyl (C=O) groups is 2. The summed E-state index contributed by atoms with van der Waals surface area (Å²) in [4.78, 5) is 31.4. The summed E-state index contributed by atoms with van der Waals surface area (Å²) >= 11 is 5.75. The van der Waals surface area contributed by atoms with Gasteiger partial charge in [0, 0.05) is 41.4 Å².